The molecule has 18 heavy (non-hydrogen) atoms. The summed E-state index contributed by atoms with van der Waals surface area (Å²) in [6, 6.07) is 5.44. The molecule has 0 radical (unpaired) electrons. The molecule has 0 heterocycles. The van der Waals surface area contributed by atoms with Gasteiger partial charge in [-0.2, -0.15) is 0 Å². The van der Waals surface area contributed by atoms with Gasteiger partial charge in [0.1, 0.15) is 0 Å². The summed E-state index contributed by atoms with van der Waals surface area (Å²) in [5.74, 6) is 0.343. The van der Waals surface area contributed by atoms with Crippen LogP contribution in [0.25, 0.3) is 0 Å². The summed E-state index contributed by atoms with van der Waals surface area (Å²) in [6.07, 6.45) is 0. The largest absolute Gasteiger partial charge is 0.394 e. The molecule has 0 aliphatic rings. The van der Waals surface area contributed by atoms with Crippen LogP contribution in [0.15, 0.2) is 18.2 Å². The first-order chi connectivity index (χ1) is 8.45. The molecule has 0 aliphatic heterocycles. The Morgan fingerprint density at radius 1 is 1.33 bits per heavy atom. The summed E-state index contributed by atoms with van der Waals surface area (Å²) < 4.78 is 0. The van der Waals surface area contributed by atoms with Crippen molar-refractivity contribution in [3.63, 3.8) is 0 Å². The van der Waals surface area contributed by atoms with Gasteiger partial charge in [-0.25, -0.2) is 4.79 Å². The molecule has 4 heteroatoms. The number of carbonyl (C=O) groups is 1. The van der Waals surface area contributed by atoms with Gasteiger partial charge in [0.25, 0.3) is 0 Å². The van der Waals surface area contributed by atoms with Crippen molar-refractivity contribution in [2.24, 2.45) is 0 Å². The van der Waals surface area contributed by atoms with Gasteiger partial charge in [0.05, 0.1) is 12.6 Å². The van der Waals surface area contributed by atoms with Gasteiger partial charge >= 0.3 is 6.03 Å². The van der Waals surface area contributed by atoms with Crippen molar-refractivity contribution in [2.75, 3.05) is 11.9 Å². The smallest absolute Gasteiger partial charge is 0.319 e. The van der Waals surface area contributed by atoms with Gasteiger partial charge in [-0.15, -0.1) is 0 Å². The highest BCUT2D eigenvalue weighted by molar-refractivity contribution is 5.91. The maximum absolute atomic E-state index is 11.8. The monoisotopic (exact) mass is 250 g/mol. The van der Waals surface area contributed by atoms with Crippen LogP contribution in [0.1, 0.15) is 37.8 Å². The maximum Gasteiger partial charge on any atom is 0.319 e. The highest BCUT2D eigenvalue weighted by atomic mass is 16.3. The zero-order chi connectivity index (χ0) is 13.7. The van der Waals surface area contributed by atoms with E-state index in [4.69, 9.17) is 5.11 Å². The van der Waals surface area contributed by atoms with Gasteiger partial charge in [0.2, 0.25) is 0 Å². The minimum Gasteiger partial charge on any atom is -0.394 e. The lowest BCUT2D eigenvalue weighted by Crippen LogP contribution is -2.38. The van der Waals surface area contributed by atoms with Crippen LogP contribution in [0.4, 0.5) is 10.5 Å². The average molecular weight is 250 g/mol. The van der Waals surface area contributed by atoms with Crippen LogP contribution in [-0.2, 0) is 0 Å². The summed E-state index contributed by atoms with van der Waals surface area (Å²) >= 11 is 0. The van der Waals surface area contributed by atoms with Crippen LogP contribution in [0, 0.1) is 6.92 Å². The Kier molecular flexibility index (Phi) is 5.16. The molecule has 2 amide bonds. The molecule has 0 spiro atoms. The zero-order valence-corrected chi connectivity index (χ0v) is 11.4. The van der Waals surface area contributed by atoms with Crippen molar-refractivity contribution in [3.05, 3.63) is 29.3 Å². The predicted molar refractivity (Wildman–Crippen MR) is 74.0 cm³/mol. The normalized spacial score (nSPS) is 12.3. The number of urea groups is 1. The van der Waals surface area contributed by atoms with Crippen molar-refractivity contribution in [2.45, 2.75) is 39.7 Å². The minimum atomic E-state index is -0.284. The number of para-hydroxylation sites is 1. The highest BCUT2D eigenvalue weighted by Gasteiger charge is 2.12. The van der Waals surface area contributed by atoms with Crippen LogP contribution in [0.3, 0.4) is 0 Å². The second-order valence-electron chi connectivity index (χ2n) is 4.88. The molecule has 0 saturated heterocycles. The van der Waals surface area contributed by atoms with E-state index in [0.717, 1.165) is 16.8 Å². The number of nitrogens with one attached hydrogen (secondary N) is 2. The summed E-state index contributed by atoms with van der Waals surface area (Å²) in [5, 5.41) is 14.4. The number of carbonyl (C=O) groups excluding carboxylic acids is 1. The fraction of sp³-hybridized carbons (Fsp3) is 0.500. The van der Waals surface area contributed by atoms with Crippen LogP contribution >= 0.6 is 0 Å². The summed E-state index contributed by atoms with van der Waals surface area (Å²) in [6.45, 7) is 7.83. The fourth-order valence-corrected chi connectivity index (χ4v) is 1.76. The lowest BCUT2D eigenvalue weighted by Gasteiger charge is -2.18. The number of benzene rings is 1. The van der Waals surface area contributed by atoms with Crippen LogP contribution in [0.2, 0.25) is 0 Å². The number of aliphatic hydroxyl groups is 1. The van der Waals surface area contributed by atoms with E-state index in [9.17, 15) is 4.79 Å². The van der Waals surface area contributed by atoms with E-state index < -0.39 is 0 Å². The summed E-state index contributed by atoms with van der Waals surface area (Å²) in [5.41, 5.74) is 3.00. The number of rotatable bonds is 4. The lowest BCUT2D eigenvalue weighted by molar-refractivity contribution is 0.229. The second-order valence-corrected chi connectivity index (χ2v) is 4.88. The van der Waals surface area contributed by atoms with E-state index in [1.165, 1.54) is 0 Å². The topological polar surface area (TPSA) is 61.4 Å². The SMILES string of the molecule is Cc1cccc(C(C)C)c1NC(=O)NC(C)CO. The average Bonchev–Trinajstić information content (AvgIpc) is 2.31. The zero-order valence-electron chi connectivity index (χ0n) is 11.4. The third-order valence-corrected chi connectivity index (χ3v) is 2.82. The van der Waals surface area contributed by atoms with Crippen LogP contribution < -0.4 is 10.6 Å². The Labute approximate surface area is 108 Å². The van der Waals surface area contributed by atoms with Gasteiger partial charge in [0, 0.05) is 5.69 Å². The number of aryl methyl sites for hydroxylation is 1. The molecule has 100 valence electrons. The molecule has 3 N–H and O–H groups in total. The first kappa shape index (κ1) is 14.5. The Hall–Kier alpha value is -1.55. The van der Waals surface area contributed by atoms with E-state index >= 15 is 0 Å². The molecule has 1 atom stereocenters. The molecular weight excluding hydrogens is 228 g/mol. The molecule has 0 aromatic heterocycles. The number of amides is 2. The maximum atomic E-state index is 11.8. The third kappa shape index (κ3) is 3.74. The minimum absolute atomic E-state index is 0.0712. The quantitative estimate of drug-likeness (QED) is 0.769. The van der Waals surface area contributed by atoms with E-state index in [0.29, 0.717) is 5.92 Å². The standard InChI is InChI=1S/C14H22N2O2/c1-9(2)12-7-5-6-10(3)13(12)16-14(18)15-11(4)8-17/h5-7,9,11,17H,8H2,1-4H3,(H2,15,16,18). The first-order valence-electron chi connectivity index (χ1n) is 6.23. The number of hydrogen-bond acceptors (Lipinski definition) is 2. The van der Waals surface area contributed by atoms with Crippen molar-refractivity contribution in [3.8, 4) is 0 Å². The molecule has 1 aromatic carbocycles. The molecule has 1 aromatic rings. The highest BCUT2D eigenvalue weighted by Crippen LogP contribution is 2.27. The lowest BCUT2D eigenvalue weighted by atomic mass is 9.98. The fourth-order valence-electron chi connectivity index (χ4n) is 1.76. The van der Waals surface area contributed by atoms with Crippen molar-refractivity contribution in [1.82, 2.24) is 5.32 Å². The Bertz CT molecular complexity index is 416. The Morgan fingerprint density at radius 2 is 2.00 bits per heavy atom. The van der Waals surface area contributed by atoms with E-state index in [1.807, 2.05) is 25.1 Å². The predicted octanol–water partition coefficient (Wildman–Crippen LogP) is 2.62. The number of anilines is 1. The molecule has 1 rings (SSSR count). The molecule has 0 fully saturated rings. The van der Waals surface area contributed by atoms with Crippen LogP contribution in [-0.4, -0.2) is 23.8 Å². The van der Waals surface area contributed by atoms with Gasteiger partial charge in [0.15, 0.2) is 0 Å². The Morgan fingerprint density at radius 3 is 2.56 bits per heavy atom. The second kappa shape index (κ2) is 6.40. The molecule has 0 bridgehead atoms. The van der Waals surface area contributed by atoms with E-state index in [1.54, 1.807) is 6.92 Å². The summed E-state index contributed by atoms with van der Waals surface area (Å²) in [7, 11) is 0. The number of aliphatic hydroxyl groups excluding tert-OH is 1. The van der Waals surface area contributed by atoms with Gasteiger partial charge in [-0.05, 0) is 30.9 Å². The van der Waals surface area contributed by atoms with Gasteiger partial charge < -0.3 is 15.7 Å². The van der Waals surface area contributed by atoms with Gasteiger partial charge in [-0.3, -0.25) is 0 Å². The van der Waals surface area contributed by atoms with Crippen LogP contribution in [0.5, 0.6) is 0 Å². The van der Waals surface area contributed by atoms with Crippen molar-refractivity contribution in [1.29, 1.82) is 0 Å². The van der Waals surface area contributed by atoms with Crippen molar-refractivity contribution < 1.29 is 9.90 Å². The van der Waals surface area contributed by atoms with Gasteiger partial charge in [-0.1, -0.05) is 32.0 Å². The Balaban J connectivity index is 2.86. The van der Waals surface area contributed by atoms with E-state index in [-0.39, 0.29) is 18.7 Å². The summed E-state index contributed by atoms with van der Waals surface area (Å²) in [4.78, 5) is 11.8. The molecule has 4 nitrogen and oxygen atoms in total. The van der Waals surface area contributed by atoms with E-state index in [2.05, 4.69) is 24.5 Å². The molecule has 1 unspecified atom stereocenters. The third-order valence-electron chi connectivity index (χ3n) is 2.82. The molecule has 0 aliphatic carbocycles. The molecule has 0 saturated carbocycles. The number of hydrogen-bond donors (Lipinski definition) is 3. The molecular formula is C14H22N2O2. The van der Waals surface area contributed by atoms with Crippen molar-refractivity contribution >= 4 is 11.7 Å². The first-order valence-corrected chi connectivity index (χ1v) is 6.23.